The van der Waals surface area contributed by atoms with Gasteiger partial charge in [-0.15, -0.1) is 0 Å². The fourth-order valence-electron chi connectivity index (χ4n) is 2.36. The third kappa shape index (κ3) is 4.25. The Morgan fingerprint density at radius 1 is 1.04 bits per heavy atom. The zero-order valence-electron chi connectivity index (χ0n) is 14.4. The molecule has 126 valence electrons. The smallest absolute Gasteiger partial charge is 0.259 e. The second-order valence-electron chi connectivity index (χ2n) is 5.85. The van der Waals surface area contributed by atoms with Crippen molar-refractivity contribution in [3.05, 3.63) is 77.1 Å². The standard InChI is InChI=1S/C20H19N3OS/c1-13-9-10-14(2)17(12-13)25-20-16(7-5-11-21-20)19(24)23-18-8-4-6-15(3)22-18/h4-12H,1-3H3,(H,22,23,24). The largest absolute Gasteiger partial charge is 0.306 e. The molecule has 0 saturated carbocycles. The summed E-state index contributed by atoms with van der Waals surface area (Å²) in [5, 5.41) is 3.53. The Bertz CT molecular complexity index is 924. The second-order valence-corrected chi connectivity index (χ2v) is 6.88. The fourth-order valence-corrected chi connectivity index (χ4v) is 3.43. The van der Waals surface area contributed by atoms with Crippen LogP contribution in [-0.2, 0) is 0 Å². The number of rotatable bonds is 4. The molecule has 1 amide bonds. The molecule has 0 radical (unpaired) electrons. The second kappa shape index (κ2) is 7.49. The van der Waals surface area contributed by atoms with Crippen LogP contribution >= 0.6 is 11.8 Å². The minimum absolute atomic E-state index is 0.209. The van der Waals surface area contributed by atoms with E-state index in [0.717, 1.165) is 16.2 Å². The van der Waals surface area contributed by atoms with Crippen LogP contribution in [0.15, 0.2) is 64.6 Å². The third-order valence-electron chi connectivity index (χ3n) is 3.70. The summed E-state index contributed by atoms with van der Waals surface area (Å²) in [4.78, 5) is 22.5. The topological polar surface area (TPSA) is 54.9 Å². The molecule has 1 aromatic carbocycles. The van der Waals surface area contributed by atoms with Gasteiger partial charge in [-0.05, 0) is 62.2 Å². The Kier molecular flexibility index (Phi) is 5.14. The Balaban J connectivity index is 1.88. The van der Waals surface area contributed by atoms with Crippen molar-refractivity contribution in [2.45, 2.75) is 30.7 Å². The lowest BCUT2D eigenvalue weighted by atomic mass is 10.2. The van der Waals surface area contributed by atoms with Crippen molar-refractivity contribution in [3.8, 4) is 0 Å². The summed E-state index contributed by atoms with van der Waals surface area (Å²) in [5.74, 6) is 0.329. The molecule has 0 aliphatic heterocycles. The molecule has 0 fully saturated rings. The van der Waals surface area contributed by atoms with Crippen molar-refractivity contribution in [2.75, 3.05) is 5.32 Å². The number of hydrogen-bond donors (Lipinski definition) is 1. The highest BCUT2D eigenvalue weighted by Gasteiger charge is 2.15. The maximum atomic E-state index is 12.7. The van der Waals surface area contributed by atoms with E-state index in [-0.39, 0.29) is 5.91 Å². The Labute approximate surface area is 151 Å². The minimum Gasteiger partial charge on any atom is -0.306 e. The minimum atomic E-state index is -0.209. The first kappa shape index (κ1) is 17.2. The molecule has 1 N–H and O–H groups in total. The molecule has 0 spiro atoms. The van der Waals surface area contributed by atoms with Crippen LogP contribution in [0.2, 0.25) is 0 Å². The van der Waals surface area contributed by atoms with Crippen LogP contribution in [0, 0.1) is 20.8 Å². The molecule has 25 heavy (non-hydrogen) atoms. The van der Waals surface area contributed by atoms with Gasteiger partial charge in [-0.3, -0.25) is 4.79 Å². The van der Waals surface area contributed by atoms with E-state index >= 15 is 0 Å². The highest BCUT2D eigenvalue weighted by Crippen LogP contribution is 2.32. The lowest BCUT2D eigenvalue weighted by molar-refractivity contribution is 0.102. The van der Waals surface area contributed by atoms with Crippen molar-refractivity contribution in [3.63, 3.8) is 0 Å². The summed E-state index contributed by atoms with van der Waals surface area (Å²) in [5.41, 5.74) is 3.73. The molecule has 4 nitrogen and oxygen atoms in total. The normalized spacial score (nSPS) is 10.5. The predicted molar refractivity (Wildman–Crippen MR) is 101 cm³/mol. The van der Waals surface area contributed by atoms with Gasteiger partial charge in [0.1, 0.15) is 10.8 Å². The summed E-state index contributed by atoms with van der Waals surface area (Å²) < 4.78 is 0. The maximum Gasteiger partial charge on any atom is 0.259 e. The number of benzene rings is 1. The number of carbonyl (C=O) groups is 1. The van der Waals surface area contributed by atoms with Crippen LogP contribution < -0.4 is 5.32 Å². The number of anilines is 1. The summed E-state index contributed by atoms with van der Waals surface area (Å²) in [7, 11) is 0. The van der Waals surface area contributed by atoms with Gasteiger partial charge in [0.2, 0.25) is 0 Å². The number of aryl methyl sites for hydroxylation is 3. The average Bonchev–Trinajstić information content (AvgIpc) is 2.58. The van der Waals surface area contributed by atoms with Gasteiger partial charge in [0.25, 0.3) is 5.91 Å². The van der Waals surface area contributed by atoms with E-state index in [9.17, 15) is 4.79 Å². The molecular weight excluding hydrogens is 330 g/mol. The molecule has 2 aromatic heterocycles. The molecule has 0 bridgehead atoms. The molecule has 3 aromatic rings. The zero-order valence-corrected chi connectivity index (χ0v) is 15.2. The first-order valence-corrected chi connectivity index (χ1v) is 8.80. The van der Waals surface area contributed by atoms with E-state index in [1.165, 1.54) is 17.3 Å². The molecule has 5 heteroatoms. The van der Waals surface area contributed by atoms with Crippen molar-refractivity contribution in [2.24, 2.45) is 0 Å². The van der Waals surface area contributed by atoms with E-state index in [2.05, 4.69) is 47.3 Å². The number of nitrogens with zero attached hydrogens (tertiary/aromatic N) is 2. The predicted octanol–water partition coefficient (Wildman–Crippen LogP) is 4.81. The first-order chi connectivity index (χ1) is 12.0. The molecule has 2 heterocycles. The van der Waals surface area contributed by atoms with E-state index in [0.29, 0.717) is 16.4 Å². The van der Waals surface area contributed by atoms with Crippen LogP contribution in [0.3, 0.4) is 0 Å². The van der Waals surface area contributed by atoms with Crippen molar-refractivity contribution in [1.82, 2.24) is 9.97 Å². The van der Waals surface area contributed by atoms with Gasteiger partial charge in [-0.1, -0.05) is 30.0 Å². The van der Waals surface area contributed by atoms with Crippen LogP contribution in [-0.4, -0.2) is 15.9 Å². The quantitative estimate of drug-likeness (QED) is 0.735. The van der Waals surface area contributed by atoms with E-state index < -0.39 is 0 Å². The number of aromatic nitrogens is 2. The summed E-state index contributed by atoms with van der Waals surface area (Å²) in [6.07, 6.45) is 1.70. The van der Waals surface area contributed by atoms with Crippen molar-refractivity contribution >= 4 is 23.5 Å². The average molecular weight is 349 g/mol. The lowest BCUT2D eigenvalue weighted by Crippen LogP contribution is -2.14. The van der Waals surface area contributed by atoms with E-state index in [1.54, 1.807) is 24.4 Å². The van der Waals surface area contributed by atoms with Crippen LogP contribution in [0.25, 0.3) is 0 Å². The molecule has 0 saturated heterocycles. The van der Waals surface area contributed by atoms with Crippen LogP contribution in [0.4, 0.5) is 5.82 Å². The van der Waals surface area contributed by atoms with Crippen molar-refractivity contribution in [1.29, 1.82) is 0 Å². The van der Waals surface area contributed by atoms with Gasteiger partial charge < -0.3 is 5.32 Å². The fraction of sp³-hybridized carbons (Fsp3) is 0.150. The first-order valence-electron chi connectivity index (χ1n) is 7.98. The molecule has 3 rings (SSSR count). The Hall–Kier alpha value is -2.66. The highest BCUT2D eigenvalue weighted by atomic mass is 32.2. The monoisotopic (exact) mass is 349 g/mol. The van der Waals surface area contributed by atoms with Gasteiger partial charge in [0, 0.05) is 16.8 Å². The van der Waals surface area contributed by atoms with E-state index in [1.807, 2.05) is 19.1 Å². The maximum absolute atomic E-state index is 12.7. The zero-order chi connectivity index (χ0) is 17.8. The van der Waals surface area contributed by atoms with Crippen LogP contribution in [0.1, 0.15) is 27.2 Å². The van der Waals surface area contributed by atoms with Gasteiger partial charge in [0.05, 0.1) is 5.56 Å². The SMILES string of the molecule is Cc1ccc(C)c(Sc2ncccc2C(=O)Nc2cccc(C)n2)c1. The van der Waals surface area contributed by atoms with Gasteiger partial charge in [-0.2, -0.15) is 0 Å². The number of pyridine rings is 2. The highest BCUT2D eigenvalue weighted by molar-refractivity contribution is 7.99. The molecule has 0 aliphatic carbocycles. The van der Waals surface area contributed by atoms with Gasteiger partial charge in [-0.25, -0.2) is 9.97 Å². The summed E-state index contributed by atoms with van der Waals surface area (Å²) in [6.45, 7) is 6.00. The summed E-state index contributed by atoms with van der Waals surface area (Å²) >= 11 is 1.50. The lowest BCUT2D eigenvalue weighted by Gasteiger charge is -2.11. The molecule has 0 aliphatic rings. The number of hydrogen-bond acceptors (Lipinski definition) is 4. The molecule has 0 atom stereocenters. The summed E-state index contributed by atoms with van der Waals surface area (Å²) in [6, 6.07) is 15.4. The van der Waals surface area contributed by atoms with Crippen LogP contribution in [0.5, 0.6) is 0 Å². The Morgan fingerprint density at radius 2 is 1.88 bits per heavy atom. The molecular formula is C20H19N3OS. The van der Waals surface area contributed by atoms with Gasteiger partial charge in [0.15, 0.2) is 0 Å². The Morgan fingerprint density at radius 3 is 2.68 bits per heavy atom. The number of carbonyl (C=O) groups excluding carboxylic acids is 1. The third-order valence-corrected chi connectivity index (χ3v) is 4.87. The van der Waals surface area contributed by atoms with Crippen molar-refractivity contribution < 1.29 is 4.79 Å². The number of nitrogens with one attached hydrogen (secondary N) is 1. The number of amides is 1. The molecule has 0 unspecified atom stereocenters. The van der Waals surface area contributed by atoms with E-state index in [4.69, 9.17) is 0 Å². The van der Waals surface area contributed by atoms with Gasteiger partial charge >= 0.3 is 0 Å².